The monoisotopic (exact) mass is 345 g/mol. The Kier molecular flexibility index (Phi) is 4.43. The summed E-state index contributed by atoms with van der Waals surface area (Å²) in [6.07, 6.45) is -0.477. The molecule has 1 aliphatic rings. The zero-order valence-electron chi connectivity index (χ0n) is 14.6. The Morgan fingerprint density at radius 1 is 1.32 bits per heavy atom. The van der Waals surface area contributed by atoms with Gasteiger partial charge in [-0.3, -0.25) is 9.69 Å². The van der Waals surface area contributed by atoms with E-state index in [0.717, 1.165) is 10.9 Å². The number of nitrogens with zero attached hydrogens (tertiary/aromatic N) is 1. The second kappa shape index (κ2) is 6.40. The van der Waals surface area contributed by atoms with Crippen molar-refractivity contribution in [3.8, 4) is 0 Å². The largest absolute Gasteiger partial charge is 0.480 e. The van der Waals surface area contributed by atoms with Crippen LogP contribution in [0.4, 0.5) is 4.79 Å². The molecule has 2 aromatic rings. The normalized spacial score (nSPS) is 17.1. The van der Waals surface area contributed by atoms with Crippen LogP contribution < -0.4 is 5.32 Å². The van der Waals surface area contributed by atoms with Crippen molar-refractivity contribution in [1.29, 1.82) is 0 Å². The number of amides is 1. The summed E-state index contributed by atoms with van der Waals surface area (Å²) in [4.78, 5) is 28.5. The molecule has 0 aliphatic carbocycles. The van der Waals surface area contributed by atoms with Crippen molar-refractivity contribution in [3.63, 3.8) is 0 Å². The molecule has 0 unspecified atom stereocenters. The number of aromatic nitrogens is 1. The highest BCUT2D eigenvalue weighted by atomic mass is 16.6. The molecule has 1 aromatic carbocycles. The average Bonchev–Trinajstić information content (AvgIpc) is 2.85. The van der Waals surface area contributed by atoms with Gasteiger partial charge in [-0.15, -0.1) is 0 Å². The lowest BCUT2D eigenvalue weighted by molar-refractivity contribution is -0.146. The van der Waals surface area contributed by atoms with Crippen LogP contribution in [0.1, 0.15) is 32.5 Å². The second-order valence-corrected chi connectivity index (χ2v) is 7.35. The van der Waals surface area contributed by atoms with Crippen LogP contribution >= 0.6 is 0 Å². The number of benzene rings is 1. The summed E-state index contributed by atoms with van der Waals surface area (Å²) >= 11 is 0. The number of hydrogen-bond donors (Lipinski definition) is 3. The smallest absolute Gasteiger partial charge is 0.407 e. The molecule has 25 heavy (non-hydrogen) atoms. The predicted octanol–water partition coefficient (Wildman–Crippen LogP) is 2.50. The molecule has 1 amide bonds. The number of alkyl carbamates (subject to hydrolysis) is 1. The highest BCUT2D eigenvalue weighted by molar-refractivity contribution is 5.83. The molecule has 1 atom stereocenters. The third-order valence-electron chi connectivity index (χ3n) is 4.08. The lowest BCUT2D eigenvalue weighted by atomic mass is 10.0. The molecule has 134 valence electrons. The van der Waals surface area contributed by atoms with E-state index in [2.05, 4.69) is 10.3 Å². The maximum Gasteiger partial charge on any atom is 0.407 e. The number of aliphatic carboxylic acids is 1. The molecule has 0 saturated carbocycles. The predicted molar refractivity (Wildman–Crippen MR) is 93.4 cm³/mol. The number of para-hydroxylation sites is 1. The van der Waals surface area contributed by atoms with Crippen molar-refractivity contribution >= 4 is 23.0 Å². The van der Waals surface area contributed by atoms with E-state index in [-0.39, 0.29) is 6.04 Å². The number of carboxylic acid groups (broad SMARTS) is 1. The molecule has 3 N–H and O–H groups in total. The summed E-state index contributed by atoms with van der Waals surface area (Å²) in [5.41, 5.74) is 0.999. The lowest BCUT2D eigenvalue weighted by Crippen LogP contribution is -2.61. The molecule has 0 spiro atoms. The molecular weight excluding hydrogens is 322 g/mol. The van der Waals surface area contributed by atoms with Crippen molar-refractivity contribution < 1.29 is 19.4 Å². The van der Waals surface area contributed by atoms with Gasteiger partial charge in [-0.05, 0) is 38.3 Å². The minimum absolute atomic E-state index is 0.110. The Balaban J connectivity index is 1.64. The number of hydrogen-bond acceptors (Lipinski definition) is 4. The minimum atomic E-state index is -0.915. The van der Waals surface area contributed by atoms with Crippen molar-refractivity contribution in [2.24, 2.45) is 0 Å². The van der Waals surface area contributed by atoms with E-state index in [1.165, 1.54) is 0 Å². The lowest BCUT2D eigenvalue weighted by Gasteiger charge is -2.42. The quantitative estimate of drug-likeness (QED) is 0.791. The number of fused-ring (bicyclic) bond motifs is 1. The van der Waals surface area contributed by atoms with Gasteiger partial charge in [0.05, 0.1) is 6.04 Å². The molecule has 7 nitrogen and oxygen atoms in total. The SMILES string of the molecule is CC(C)(C)OC(=O)NC1CN([C@H](C(=O)O)c2cc3ccccc3[nH]2)C1. The molecule has 0 radical (unpaired) electrons. The minimum Gasteiger partial charge on any atom is -0.480 e. The number of carbonyl (C=O) groups excluding carboxylic acids is 1. The standard InChI is InChI=1S/C18H23N3O4/c1-18(2,3)25-17(24)19-12-9-21(10-12)15(16(22)23)14-8-11-6-4-5-7-13(11)20-14/h4-8,12,15,20H,9-10H2,1-3H3,(H,19,24)(H,22,23)/t15-/m0/s1. The molecule has 0 bridgehead atoms. The van der Waals surface area contributed by atoms with Gasteiger partial charge in [-0.2, -0.15) is 0 Å². The first-order valence-electron chi connectivity index (χ1n) is 8.27. The number of likely N-dealkylation sites (tertiary alicyclic amines) is 1. The van der Waals surface area contributed by atoms with Gasteiger partial charge in [0.1, 0.15) is 11.6 Å². The maximum atomic E-state index is 11.8. The maximum absolute atomic E-state index is 11.8. The third-order valence-corrected chi connectivity index (χ3v) is 4.08. The van der Waals surface area contributed by atoms with Gasteiger partial charge in [0.2, 0.25) is 0 Å². The fraction of sp³-hybridized carbons (Fsp3) is 0.444. The molecule has 1 saturated heterocycles. The third kappa shape index (κ3) is 3.93. The van der Waals surface area contributed by atoms with E-state index >= 15 is 0 Å². The van der Waals surface area contributed by atoms with Gasteiger partial charge >= 0.3 is 12.1 Å². The molecule has 1 fully saturated rings. The van der Waals surface area contributed by atoms with Crippen LogP contribution in [0.5, 0.6) is 0 Å². The van der Waals surface area contributed by atoms with E-state index < -0.39 is 23.7 Å². The molecule has 1 aliphatic heterocycles. The Morgan fingerprint density at radius 2 is 2.00 bits per heavy atom. The Labute approximate surface area is 146 Å². The topological polar surface area (TPSA) is 94.7 Å². The van der Waals surface area contributed by atoms with Gasteiger partial charge in [0, 0.05) is 24.3 Å². The first-order valence-corrected chi connectivity index (χ1v) is 8.27. The second-order valence-electron chi connectivity index (χ2n) is 7.35. The van der Waals surface area contributed by atoms with E-state index in [0.29, 0.717) is 18.8 Å². The van der Waals surface area contributed by atoms with E-state index in [9.17, 15) is 14.7 Å². The summed E-state index contributed by atoms with van der Waals surface area (Å²) in [5, 5.41) is 13.4. The van der Waals surface area contributed by atoms with E-state index in [1.54, 1.807) is 20.8 Å². The summed E-state index contributed by atoms with van der Waals surface area (Å²) < 4.78 is 5.22. The zero-order valence-corrected chi connectivity index (χ0v) is 14.6. The van der Waals surface area contributed by atoms with Gasteiger partial charge in [0.25, 0.3) is 0 Å². The van der Waals surface area contributed by atoms with Gasteiger partial charge in [-0.1, -0.05) is 18.2 Å². The van der Waals surface area contributed by atoms with Crippen LogP contribution in [0.15, 0.2) is 30.3 Å². The highest BCUT2D eigenvalue weighted by Crippen LogP contribution is 2.28. The van der Waals surface area contributed by atoms with Crippen LogP contribution in [0.2, 0.25) is 0 Å². The first kappa shape index (κ1) is 17.3. The van der Waals surface area contributed by atoms with Crippen molar-refractivity contribution in [1.82, 2.24) is 15.2 Å². The fourth-order valence-electron chi connectivity index (χ4n) is 3.02. The highest BCUT2D eigenvalue weighted by Gasteiger charge is 2.39. The number of nitrogens with one attached hydrogen (secondary N) is 2. The fourth-order valence-corrected chi connectivity index (χ4v) is 3.02. The number of aromatic amines is 1. The van der Waals surface area contributed by atoms with Gasteiger partial charge < -0.3 is 20.1 Å². The first-order chi connectivity index (χ1) is 11.7. The summed E-state index contributed by atoms with van der Waals surface area (Å²) in [7, 11) is 0. The Hall–Kier alpha value is -2.54. The van der Waals surface area contributed by atoms with Crippen LogP contribution in [-0.4, -0.2) is 51.8 Å². The number of ether oxygens (including phenoxy) is 1. The molecule has 1 aromatic heterocycles. The van der Waals surface area contributed by atoms with Crippen molar-refractivity contribution in [3.05, 3.63) is 36.0 Å². The molecular formula is C18H23N3O4. The summed E-state index contributed by atoms with van der Waals surface area (Å²) in [5.74, 6) is -0.915. The van der Waals surface area contributed by atoms with Crippen molar-refractivity contribution in [2.75, 3.05) is 13.1 Å². The number of rotatable bonds is 4. The molecule has 7 heteroatoms. The van der Waals surface area contributed by atoms with Crippen LogP contribution in [0.25, 0.3) is 10.9 Å². The van der Waals surface area contributed by atoms with Crippen LogP contribution in [0, 0.1) is 0 Å². The Morgan fingerprint density at radius 3 is 2.60 bits per heavy atom. The Bertz CT molecular complexity index is 754. The molecule has 3 rings (SSSR count). The zero-order chi connectivity index (χ0) is 18.2. The van der Waals surface area contributed by atoms with Gasteiger partial charge in [0.15, 0.2) is 0 Å². The van der Waals surface area contributed by atoms with Crippen LogP contribution in [-0.2, 0) is 9.53 Å². The number of H-pyrrole nitrogens is 1. The van der Waals surface area contributed by atoms with E-state index in [1.807, 2.05) is 35.2 Å². The van der Waals surface area contributed by atoms with Gasteiger partial charge in [-0.25, -0.2) is 4.79 Å². The summed E-state index contributed by atoms with van der Waals surface area (Å²) in [6.45, 7) is 6.33. The van der Waals surface area contributed by atoms with E-state index in [4.69, 9.17) is 4.74 Å². The number of carboxylic acids is 1. The van der Waals surface area contributed by atoms with Crippen LogP contribution in [0.3, 0.4) is 0 Å². The summed E-state index contributed by atoms with van der Waals surface area (Å²) in [6, 6.07) is 8.68. The average molecular weight is 345 g/mol. The number of carbonyl (C=O) groups is 2. The van der Waals surface area contributed by atoms with Crippen molar-refractivity contribution in [2.45, 2.75) is 38.5 Å². The molecule has 2 heterocycles.